The number of aliphatic imine (C=N–C) groups is 1. The zero-order valence-electron chi connectivity index (χ0n) is 14.9. The fraction of sp³-hybridized carbons (Fsp3) is 0.889. The van der Waals surface area contributed by atoms with Gasteiger partial charge in [-0.15, -0.1) is 24.0 Å². The quantitative estimate of drug-likeness (QED) is 0.395. The van der Waals surface area contributed by atoms with Gasteiger partial charge in [-0.2, -0.15) is 0 Å². The standard InChI is InChI=1S/C18H32N4O.HI/c1-20-18(22-9-5-6-13(12-22)10-17(19)23)21-16-11-15(16)14-7-3-2-4-8-14;/h13-16H,2-12H2,1H3,(H2,19,23)(H,20,21);1H. The lowest BCUT2D eigenvalue weighted by Crippen LogP contribution is -2.48. The van der Waals surface area contributed by atoms with E-state index in [-0.39, 0.29) is 29.9 Å². The summed E-state index contributed by atoms with van der Waals surface area (Å²) in [5.41, 5.74) is 5.37. The molecule has 1 aliphatic heterocycles. The molecule has 2 aliphatic carbocycles. The molecule has 3 aliphatic rings. The molecule has 0 bridgehead atoms. The molecule has 0 aromatic rings. The van der Waals surface area contributed by atoms with Crippen LogP contribution in [0.5, 0.6) is 0 Å². The highest BCUT2D eigenvalue weighted by Crippen LogP contribution is 2.44. The van der Waals surface area contributed by atoms with Gasteiger partial charge >= 0.3 is 0 Å². The first-order valence-electron chi connectivity index (χ1n) is 9.44. The van der Waals surface area contributed by atoms with Crippen molar-refractivity contribution in [2.24, 2.45) is 28.5 Å². The molecule has 5 nitrogen and oxygen atoms in total. The SMILES string of the molecule is CN=C(NC1CC1C1CCCCC1)N1CCCC(CC(N)=O)C1.I. The van der Waals surface area contributed by atoms with Gasteiger partial charge in [0.2, 0.25) is 5.91 Å². The van der Waals surface area contributed by atoms with Gasteiger partial charge in [0, 0.05) is 32.6 Å². The molecule has 0 aromatic heterocycles. The molecule has 138 valence electrons. The molecule has 0 spiro atoms. The average molecular weight is 448 g/mol. The van der Waals surface area contributed by atoms with Crippen molar-refractivity contribution in [3.63, 3.8) is 0 Å². The molecule has 6 heteroatoms. The number of likely N-dealkylation sites (tertiary alicyclic amines) is 1. The third kappa shape index (κ3) is 5.23. The van der Waals surface area contributed by atoms with E-state index < -0.39 is 0 Å². The van der Waals surface area contributed by atoms with E-state index in [1.807, 2.05) is 7.05 Å². The van der Waals surface area contributed by atoms with E-state index >= 15 is 0 Å². The maximum absolute atomic E-state index is 11.2. The second kappa shape index (κ2) is 9.25. The summed E-state index contributed by atoms with van der Waals surface area (Å²) >= 11 is 0. The molecule has 3 atom stereocenters. The lowest BCUT2D eigenvalue weighted by Gasteiger charge is -2.35. The number of amides is 1. The maximum atomic E-state index is 11.2. The van der Waals surface area contributed by atoms with Crippen molar-refractivity contribution >= 4 is 35.8 Å². The van der Waals surface area contributed by atoms with Crippen molar-refractivity contribution in [2.45, 2.75) is 63.8 Å². The predicted molar refractivity (Wildman–Crippen MR) is 108 cm³/mol. The zero-order chi connectivity index (χ0) is 16.2. The van der Waals surface area contributed by atoms with Crippen LogP contribution in [0.25, 0.3) is 0 Å². The van der Waals surface area contributed by atoms with Crippen LogP contribution in [0.4, 0.5) is 0 Å². The summed E-state index contributed by atoms with van der Waals surface area (Å²) in [6.07, 6.45) is 11.1. The van der Waals surface area contributed by atoms with Gasteiger partial charge in [-0.1, -0.05) is 32.1 Å². The molecule has 0 aromatic carbocycles. The highest BCUT2D eigenvalue weighted by Gasteiger charge is 2.44. The van der Waals surface area contributed by atoms with Gasteiger partial charge in [0.25, 0.3) is 0 Å². The Morgan fingerprint density at radius 1 is 1.21 bits per heavy atom. The minimum Gasteiger partial charge on any atom is -0.370 e. The topological polar surface area (TPSA) is 70.7 Å². The molecule has 3 unspecified atom stereocenters. The van der Waals surface area contributed by atoms with Gasteiger partial charge < -0.3 is 16.0 Å². The Bertz CT molecular complexity index is 450. The molecule has 3 rings (SSSR count). The van der Waals surface area contributed by atoms with Crippen molar-refractivity contribution in [1.29, 1.82) is 0 Å². The van der Waals surface area contributed by atoms with E-state index in [0.717, 1.165) is 43.7 Å². The summed E-state index contributed by atoms with van der Waals surface area (Å²) in [5.74, 6) is 3.02. The van der Waals surface area contributed by atoms with Gasteiger partial charge in [-0.05, 0) is 37.0 Å². The summed E-state index contributed by atoms with van der Waals surface area (Å²) in [7, 11) is 1.87. The normalized spacial score (nSPS) is 31.3. The van der Waals surface area contributed by atoms with E-state index in [4.69, 9.17) is 5.73 Å². The Balaban J connectivity index is 0.00000208. The Morgan fingerprint density at radius 2 is 1.96 bits per heavy atom. The van der Waals surface area contributed by atoms with Crippen molar-refractivity contribution < 1.29 is 4.79 Å². The minimum absolute atomic E-state index is 0. The van der Waals surface area contributed by atoms with Gasteiger partial charge in [0.1, 0.15) is 0 Å². The number of carbonyl (C=O) groups is 1. The van der Waals surface area contributed by atoms with Gasteiger partial charge in [-0.25, -0.2) is 0 Å². The van der Waals surface area contributed by atoms with Crippen LogP contribution in [0, 0.1) is 17.8 Å². The molecule has 0 radical (unpaired) electrons. The number of nitrogens with one attached hydrogen (secondary N) is 1. The van der Waals surface area contributed by atoms with Gasteiger partial charge in [-0.3, -0.25) is 9.79 Å². The van der Waals surface area contributed by atoms with E-state index in [1.165, 1.54) is 38.5 Å². The van der Waals surface area contributed by atoms with Gasteiger partial charge in [0.05, 0.1) is 0 Å². The molecule has 1 saturated heterocycles. The number of halogens is 1. The smallest absolute Gasteiger partial charge is 0.217 e. The lowest BCUT2D eigenvalue weighted by molar-refractivity contribution is -0.119. The molecule has 2 saturated carbocycles. The number of nitrogens with two attached hydrogens (primary N) is 1. The molecule has 24 heavy (non-hydrogen) atoms. The fourth-order valence-electron chi connectivity index (χ4n) is 4.64. The maximum Gasteiger partial charge on any atom is 0.217 e. The van der Waals surface area contributed by atoms with Crippen LogP contribution in [0.15, 0.2) is 4.99 Å². The second-order valence-corrected chi connectivity index (χ2v) is 7.72. The van der Waals surface area contributed by atoms with Crippen molar-refractivity contribution in [1.82, 2.24) is 10.2 Å². The highest BCUT2D eigenvalue weighted by molar-refractivity contribution is 14.0. The summed E-state index contributed by atoms with van der Waals surface area (Å²) in [5, 5.41) is 3.69. The Labute approximate surface area is 163 Å². The zero-order valence-corrected chi connectivity index (χ0v) is 17.2. The van der Waals surface area contributed by atoms with Crippen LogP contribution in [0.2, 0.25) is 0 Å². The van der Waals surface area contributed by atoms with Crippen molar-refractivity contribution in [3.05, 3.63) is 0 Å². The van der Waals surface area contributed by atoms with Crippen LogP contribution in [0.1, 0.15) is 57.8 Å². The third-order valence-electron chi connectivity index (χ3n) is 5.93. The number of hydrogen-bond donors (Lipinski definition) is 2. The largest absolute Gasteiger partial charge is 0.370 e. The minimum atomic E-state index is -0.181. The lowest BCUT2D eigenvalue weighted by atomic mass is 9.85. The molecule has 3 N–H and O–H groups in total. The van der Waals surface area contributed by atoms with E-state index in [9.17, 15) is 4.79 Å². The molecular formula is C18H33IN4O. The van der Waals surface area contributed by atoms with Crippen molar-refractivity contribution in [3.8, 4) is 0 Å². The first kappa shape index (κ1) is 19.8. The first-order valence-corrected chi connectivity index (χ1v) is 9.44. The number of hydrogen-bond acceptors (Lipinski definition) is 2. The fourth-order valence-corrected chi connectivity index (χ4v) is 4.64. The first-order chi connectivity index (χ1) is 11.2. The van der Waals surface area contributed by atoms with Crippen LogP contribution in [-0.4, -0.2) is 42.9 Å². The van der Waals surface area contributed by atoms with E-state index in [2.05, 4.69) is 15.2 Å². The monoisotopic (exact) mass is 448 g/mol. The summed E-state index contributed by atoms with van der Waals surface area (Å²) in [6, 6.07) is 0.619. The third-order valence-corrected chi connectivity index (χ3v) is 5.93. The molecular weight excluding hydrogens is 415 g/mol. The second-order valence-electron chi connectivity index (χ2n) is 7.72. The average Bonchev–Trinajstić information content (AvgIpc) is 3.32. The molecule has 3 fully saturated rings. The summed E-state index contributed by atoms with van der Waals surface area (Å²) in [4.78, 5) is 18.0. The number of rotatable bonds is 4. The van der Waals surface area contributed by atoms with Crippen LogP contribution in [0.3, 0.4) is 0 Å². The van der Waals surface area contributed by atoms with Crippen LogP contribution < -0.4 is 11.1 Å². The number of nitrogens with zero attached hydrogens (tertiary/aromatic N) is 2. The number of guanidine groups is 1. The summed E-state index contributed by atoms with van der Waals surface area (Å²) in [6.45, 7) is 1.94. The molecule has 1 amide bonds. The summed E-state index contributed by atoms with van der Waals surface area (Å²) < 4.78 is 0. The number of piperidine rings is 1. The van der Waals surface area contributed by atoms with Crippen LogP contribution >= 0.6 is 24.0 Å². The Hall–Kier alpha value is -0.530. The predicted octanol–water partition coefficient (Wildman–Crippen LogP) is 2.74. The van der Waals surface area contributed by atoms with E-state index in [1.54, 1.807) is 0 Å². The Morgan fingerprint density at radius 3 is 2.62 bits per heavy atom. The van der Waals surface area contributed by atoms with Crippen LogP contribution in [-0.2, 0) is 4.79 Å². The van der Waals surface area contributed by atoms with Gasteiger partial charge in [0.15, 0.2) is 5.96 Å². The number of primary amides is 1. The number of carbonyl (C=O) groups excluding carboxylic acids is 1. The molecule has 1 heterocycles. The highest BCUT2D eigenvalue weighted by atomic mass is 127. The van der Waals surface area contributed by atoms with E-state index in [0.29, 0.717) is 18.4 Å². The Kier molecular flexibility index (Phi) is 7.62. The van der Waals surface area contributed by atoms with Crippen molar-refractivity contribution in [2.75, 3.05) is 20.1 Å².